The molecular formula is C22H16N2O5S. The number of aromatic amines is 2. The Kier molecular flexibility index (Phi) is 3.71. The highest BCUT2D eigenvalue weighted by Gasteiger charge is 2.21. The summed E-state index contributed by atoms with van der Waals surface area (Å²) >= 11 is 0. The SMILES string of the molecule is Cc1cc(S(=O)(=O)O)c2[nH]c3cc4c(=O)c5ccccc5[nH]c4cc3c(=O)c2c1C. The van der Waals surface area contributed by atoms with Crippen LogP contribution < -0.4 is 10.9 Å². The van der Waals surface area contributed by atoms with E-state index in [9.17, 15) is 22.6 Å². The van der Waals surface area contributed by atoms with E-state index in [2.05, 4.69) is 9.97 Å². The van der Waals surface area contributed by atoms with Crippen molar-refractivity contribution in [3.63, 3.8) is 0 Å². The molecule has 0 spiro atoms. The normalized spacial score (nSPS) is 12.4. The van der Waals surface area contributed by atoms with Crippen LogP contribution in [0, 0.1) is 13.8 Å². The quantitative estimate of drug-likeness (QED) is 0.283. The maximum Gasteiger partial charge on any atom is 0.296 e. The van der Waals surface area contributed by atoms with E-state index < -0.39 is 10.1 Å². The van der Waals surface area contributed by atoms with Crippen molar-refractivity contribution >= 4 is 53.7 Å². The summed E-state index contributed by atoms with van der Waals surface area (Å²) in [7, 11) is -4.57. The summed E-state index contributed by atoms with van der Waals surface area (Å²) in [4.78, 5) is 32.1. The fourth-order valence-corrected chi connectivity index (χ4v) is 4.76. The summed E-state index contributed by atoms with van der Waals surface area (Å²) in [5, 5.41) is 1.39. The van der Waals surface area contributed by atoms with Crippen molar-refractivity contribution in [3.05, 3.63) is 74.0 Å². The highest BCUT2D eigenvalue weighted by Crippen LogP contribution is 2.28. The summed E-state index contributed by atoms with van der Waals surface area (Å²) in [6.07, 6.45) is 0. The van der Waals surface area contributed by atoms with Gasteiger partial charge in [0, 0.05) is 21.7 Å². The first kappa shape index (κ1) is 18.5. The molecule has 0 aliphatic rings. The molecule has 30 heavy (non-hydrogen) atoms. The van der Waals surface area contributed by atoms with Crippen LogP contribution in [0.15, 0.2) is 56.9 Å². The summed E-state index contributed by atoms with van der Waals surface area (Å²) in [5.41, 5.74) is 2.12. The van der Waals surface area contributed by atoms with Crippen LogP contribution >= 0.6 is 0 Å². The van der Waals surface area contributed by atoms with E-state index in [0.29, 0.717) is 43.8 Å². The minimum absolute atomic E-state index is 0.0228. The van der Waals surface area contributed by atoms with Gasteiger partial charge >= 0.3 is 0 Å². The van der Waals surface area contributed by atoms with Gasteiger partial charge in [0.25, 0.3) is 10.1 Å². The first-order chi connectivity index (χ1) is 14.2. The minimum atomic E-state index is -4.57. The second kappa shape index (κ2) is 6.01. The van der Waals surface area contributed by atoms with E-state index in [0.717, 1.165) is 0 Å². The molecule has 0 fully saturated rings. The predicted molar refractivity (Wildman–Crippen MR) is 117 cm³/mol. The molecule has 5 aromatic rings. The second-order valence-corrected chi connectivity index (χ2v) is 8.83. The maximum atomic E-state index is 13.3. The Hall–Kier alpha value is -3.49. The third-order valence-electron chi connectivity index (χ3n) is 5.66. The summed E-state index contributed by atoms with van der Waals surface area (Å²) in [6, 6.07) is 11.6. The molecule has 2 aromatic heterocycles. The Morgan fingerprint density at radius 2 is 1.43 bits per heavy atom. The van der Waals surface area contributed by atoms with Gasteiger partial charge in [-0.2, -0.15) is 8.42 Å². The number of benzene rings is 3. The number of rotatable bonds is 1. The van der Waals surface area contributed by atoms with Crippen LogP contribution in [0.5, 0.6) is 0 Å². The van der Waals surface area contributed by atoms with Crippen molar-refractivity contribution in [1.29, 1.82) is 0 Å². The second-order valence-electron chi connectivity index (χ2n) is 7.44. The Morgan fingerprint density at radius 3 is 2.13 bits per heavy atom. The number of fused-ring (bicyclic) bond motifs is 4. The van der Waals surface area contributed by atoms with Crippen LogP contribution in [0.3, 0.4) is 0 Å². The molecular weight excluding hydrogens is 404 g/mol. The van der Waals surface area contributed by atoms with E-state index in [4.69, 9.17) is 0 Å². The van der Waals surface area contributed by atoms with Crippen LogP contribution in [0.25, 0.3) is 43.6 Å². The molecule has 0 amide bonds. The Labute approximate surface area is 169 Å². The fraction of sp³-hybridized carbons (Fsp3) is 0.0909. The lowest BCUT2D eigenvalue weighted by Gasteiger charge is -2.12. The summed E-state index contributed by atoms with van der Waals surface area (Å²) in [6.45, 7) is 3.40. The largest absolute Gasteiger partial charge is 0.354 e. The molecule has 2 heterocycles. The van der Waals surface area contributed by atoms with Gasteiger partial charge in [0.15, 0.2) is 10.9 Å². The van der Waals surface area contributed by atoms with Crippen LogP contribution in [-0.4, -0.2) is 22.9 Å². The molecule has 150 valence electrons. The molecule has 0 saturated heterocycles. The van der Waals surface area contributed by atoms with Crippen LogP contribution in [0.1, 0.15) is 11.1 Å². The first-order valence-electron chi connectivity index (χ1n) is 9.19. The lowest BCUT2D eigenvalue weighted by molar-refractivity contribution is 0.484. The van der Waals surface area contributed by atoms with Crippen molar-refractivity contribution in [2.45, 2.75) is 18.7 Å². The van der Waals surface area contributed by atoms with Crippen LogP contribution in [-0.2, 0) is 10.1 Å². The van der Waals surface area contributed by atoms with Gasteiger partial charge in [-0.3, -0.25) is 14.1 Å². The number of nitrogens with one attached hydrogen (secondary N) is 2. The lowest BCUT2D eigenvalue weighted by atomic mass is 10.0. The van der Waals surface area contributed by atoms with Crippen molar-refractivity contribution in [2.75, 3.05) is 0 Å². The number of H-pyrrole nitrogens is 2. The Morgan fingerprint density at radius 1 is 0.800 bits per heavy atom. The lowest BCUT2D eigenvalue weighted by Crippen LogP contribution is -2.12. The Bertz CT molecular complexity index is 1780. The molecule has 0 radical (unpaired) electrons. The topological polar surface area (TPSA) is 120 Å². The smallest absolute Gasteiger partial charge is 0.296 e. The average molecular weight is 420 g/mol. The number of hydrogen-bond donors (Lipinski definition) is 3. The number of hydrogen-bond acceptors (Lipinski definition) is 4. The van der Waals surface area contributed by atoms with E-state index in [1.54, 1.807) is 44.2 Å². The summed E-state index contributed by atoms with van der Waals surface area (Å²) in [5.74, 6) is 0. The zero-order chi connectivity index (χ0) is 21.4. The molecule has 0 saturated carbocycles. The van der Waals surface area contributed by atoms with Gasteiger partial charge in [-0.05, 0) is 55.3 Å². The van der Waals surface area contributed by atoms with Crippen LogP contribution in [0.2, 0.25) is 0 Å². The number of aryl methyl sites for hydroxylation is 2. The van der Waals surface area contributed by atoms with E-state index in [1.807, 2.05) is 6.07 Å². The molecule has 0 bridgehead atoms. The monoisotopic (exact) mass is 420 g/mol. The number of pyridine rings is 2. The predicted octanol–water partition coefficient (Wildman–Crippen LogP) is 3.54. The van der Waals surface area contributed by atoms with Gasteiger partial charge in [0.1, 0.15) is 4.90 Å². The highest BCUT2D eigenvalue weighted by atomic mass is 32.2. The van der Waals surface area contributed by atoms with E-state index in [-0.39, 0.29) is 26.7 Å². The zero-order valence-electron chi connectivity index (χ0n) is 16.0. The zero-order valence-corrected chi connectivity index (χ0v) is 16.8. The van der Waals surface area contributed by atoms with Crippen molar-refractivity contribution in [1.82, 2.24) is 9.97 Å². The van der Waals surface area contributed by atoms with Gasteiger partial charge < -0.3 is 9.97 Å². The average Bonchev–Trinajstić information content (AvgIpc) is 2.69. The van der Waals surface area contributed by atoms with Crippen molar-refractivity contribution in [2.24, 2.45) is 0 Å². The molecule has 3 aromatic carbocycles. The molecule has 0 atom stereocenters. The van der Waals surface area contributed by atoms with Gasteiger partial charge in [-0.25, -0.2) is 0 Å². The highest BCUT2D eigenvalue weighted by molar-refractivity contribution is 7.86. The molecule has 0 aliphatic carbocycles. The third-order valence-corrected chi connectivity index (χ3v) is 6.54. The molecule has 0 unspecified atom stereocenters. The maximum absolute atomic E-state index is 13.3. The molecule has 7 nitrogen and oxygen atoms in total. The standard InChI is InChI=1S/C22H16N2O5S/c1-10-7-18(30(27,28)29)20-19(11(10)2)22(26)14-9-16-13(8-17(14)24-20)21(25)12-5-3-4-6-15(12)23-16/h3-9H,1-2H3,(H,23,25)(H,24,26)(H,27,28,29). The van der Waals surface area contributed by atoms with Crippen molar-refractivity contribution in [3.8, 4) is 0 Å². The van der Waals surface area contributed by atoms with Crippen molar-refractivity contribution < 1.29 is 13.0 Å². The molecule has 0 aliphatic heterocycles. The van der Waals surface area contributed by atoms with Gasteiger partial charge in [0.2, 0.25) is 0 Å². The van der Waals surface area contributed by atoms with E-state index >= 15 is 0 Å². The number of para-hydroxylation sites is 1. The molecule has 5 rings (SSSR count). The number of aromatic nitrogens is 2. The van der Waals surface area contributed by atoms with Gasteiger partial charge in [-0.15, -0.1) is 0 Å². The van der Waals surface area contributed by atoms with E-state index in [1.165, 1.54) is 6.07 Å². The third kappa shape index (κ3) is 2.51. The fourth-order valence-electron chi connectivity index (χ4n) is 4.03. The van der Waals surface area contributed by atoms with Gasteiger partial charge in [0.05, 0.1) is 21.9 Å². The summed E-state index contributed by atoms with van der Waals surface area (Å²) < 4.78 is 33.6. The van der Waals surface area contributed by atoms with Gasteiger partial charge in [-0.1, -0.05) is 12.1 Å². The molecule has 3 N–H and O–H groups in total. The minimum Gasteiger partial charge on any atom is -0.354 e. The molecule has 8 heteroatoms. The first-order valence-corrected chi connectivity index (χ1v) is 10.6. The Balaban J connectivity index is 2.05. The van der Waals surface area contributed by atoms with Crippen LogP contribution in [0.4, 0.5) is 0 Å².